The molecule has 0 aliphatic heterocycles. The minimum absolute atomic E-state index is 0.293. The van der Waals surface area contributed by atoms with Gasteiger partial charge in [0, 0.05) is 43.8 Å². The average Bonchev–Trinajstić information content (AvgIpc) is 2.89. The highest BCUT2D eigenvalue weighted by atomic mass is 16.1. The van der Waals surface area contributed by atoms with E-state index in [9.17, 15) is 4.79 Å². The first-order valence-electron chi connectivity index (χ1n) is 6.42. The van der Waals surface area contributed by atoms with Crippen LogP contribution in [-0.2, 0) is 20.0 Å². The van der Waals surface area contributed by atoms with Crippen molar-refractivity contribution < 1.29 is 4.79 Å². The Balaban J connectivity index is 1.89. The monoisotopic (exact) mass is 243 g/mol. The van der Waals surface area contributed by atoms with Gasteiger partial charge in [-0.05, 0) is 24.8 Å². The zero-order valence-corrected chi connectivity index (χ0v) is 10.6. The number of hydrogen-bond acceptors (Lipinski definition) is 2. The fourth-order valence-electron chi connectivity index (χ4n) is 2.55. The standard InChI is InChI=1S/C14H17N3O/c1-16-7-6-15-14(16)10-17-8-11-4-2-3-5-13(18)12(11)9-17/h6-9H,2-5,10H2,1H3. The second kappa shape index (κ2) is 4.44. The molecule has 0 radical (unpaired) electrons. The second-order valence-electron chi connectivity index (χ2n) is 4.95. The lowest BCUT2D eigenvalue weighted by atomic mass is 10.1. The molecule has 0 spiro atoms. The molecule has 2 aromatic rings. The number of hydrogen-bond donors (Lipinski definition) is 0. The molecular weight excluding hydrogens is 226 g/mol. The molecule has 0 N–H and O–H groups in total. The van der Waals surface area contributed by atoms with Crippen molar-refractivity contribution in [2.24, 2.45) is 7.05 Å². The first-order chi connectivity index (χ1) is 8.74. The lowest BCUT2D eigenvalue weighted by Gasteiger charge is -2.03. The number of aryl methyl sites for hydroxylation is 2. The van der Waals surface area contributed by atoms with Crippen LogP contribution in [0, 0.1) is 0 Å². The number of Topliss-reactive ketones (excluding diaryl/α,β-unsaturated/α-hetero) is 1. The lowest BCUT2D eigenvalue weighted by molar-refractivity contribution is 0.0982. The maximum absolute atomic E-state index is 12.0. The fraction of sp³-hybridized carbons (Fsp3) is 0.429. The van der Waals surface area contributed by atoms with Crippen LogP contribution in [0.3, 0.4) is 0 Å². The molecule has 0 saturated heterocycles. The molecule has 1 aliphatic carbocycles. The van der Waals surface area contributed by atoms with E-state index in [0.29, 0.717) is 12.2 Å². The minimum atomic E-state index is 0.293. The summed E-state index contributed by atoms with van der Waals surface area (Å²) < 4.78 is 4.09. The van der Waals surface area contributed by atoms with Crippen LogP contribution in [0.4, 0.5) is 0 Å². The number of carbonyl (C=O) groups excluding carboxylic acids is 1. The van der Waals surface area contributed by atoms with E-state index in [1.165, 1.54) is 5.56 Å². The topological polar surface area (TPSA) is 39.8 Å². The molecule has 4 nitrogen and oxygen atoms in total. The Bertz CT molecular complexity index is 580. The molecule has 18 heavy (non-hydrogen) atoms. The molecule has 0 unspecified atom stereocenters. The van der Waals surface area contributed by atoms with E-state index in [4.69, 9.17) is 0 Å². The number of carbonyl (C=O) groups is 1. The van der Waals surface area contributed by atoms with Gasteiger partial charge in [-0.15, -0.1) is 0 Å². The van der Waals surface area contributed by atoms with Gasteiger partial charge in [0.05, 0.1) is 6.54 Å². The first kappa shape index (κ1) is 11.3. The summed E-state index contributed by atoms with van der Waals surface area (Å²) in [5.74, 6) is 1.30. The molecule has 2 aromatic heterocycles. The van der Waals surface area contributed by atoms with E-state index in [1.807, 2.05) is 24.0 Å². The lowest BCUT2D eigenvalue weighted by Crippen LogP contribution is -2.04. The van der Waals surface area contributed by atoms with Crippen LogP contribution in [-0.4, -0.2) is 19.9 Å². The van der Waals surface area contributed by atoms with Crippen molar-refractivity contribution in [1.29, 1.82) is 0 Å². The maximum atomic E-state index is 12.0. The van der Waals surface area contributed by atoms with Crippen molar-refractivity contribution in [1.82, 2.24) is 14.1 Å². The zero-order valence-electron chi connectivity index (χ0n) is 10.6. The highest BCUT2D eigenvalue weighted by molar-refractivity contribution is 5.97. The number of ketones is 1. The maximum Gasteiger partial charge on any atom is 0.164 e. The Kier molecular flexibility index (Phi) is 2.78. The summed E-state index contributed by atoms with van der Waals surface area (Å²) in [4.78, 5) is 16.3. The van der Waals surface area contributed by atoms with E-state index in [2.05, 4.69) is 15.7 Å². The SMILES string of the molecule is Cn1ccnc1Cn1cc2c(c1)C(=O)CCCC2. The van der Waals surface area contributed by atoms with Crippen LogP contribution >= 0.6 is 0 Å². The molecule has 4 heteroatoms. The van der Waals surface area contributed by atoms with Gasteiger partial charge in [-0.25, -0.2) is 4.98 Å². The van der Waals surface area contributed by atoms with Gasteiger partial charge in [0.25, 0.3) is 0 Å². The quantitative estimate of drug-likeness (QED) is 0.758. The summed E-state index contributed by atoms with van der Waals surface area (Å²) in [5, 5.41) is 0. The number of nitrogens with zero attached hydrogens (tertiary/aromatic N) is 3. The number of imidazole rings is 1. The van der Waals surface area contributed by atoms with Crippen LogP contribution in [0.15, 0.2) is 24.8 Å². The highest BCUT2D eigenvalue weighted by Crippen LogP contribution is 2.21. The number of aromatic nitrogens is 3. The number of fused-ring (bicyclic) bond motifs is 1. The van der Waals surface area contributed by atoms with Crippen LogP contribution in [0.25, 0.3) is 0 Å². The van der Waals surface area contributed by atoms with Gasteiger partial charge in [0.2, 0.25) is 0 Å². The third-order valence-corrected chi connectivity index (χ3v) is 3.61. The summed E-state index contributed by atoms with van der Waals surface area (Å²) in [6.07, 6.45) is 11.7. The van der Waals surface area contributed by atoms with E-state index in [0.717, 1.165) is 37.2 Å². The third-order valence-electron chi connectivity index (χ3n) is 3.61. The van der Waals surface area contributed by atoms with Crippen molar-refractivity contribution in [3.05, 3.63) is 41.7 Å². The largest absolute Gasteiger partial charge is 0.346 e. The molecule has 0 saturated carbocycles. The molecule has 1 aliphatic rings. The number of rotatable bonds is 2. The molecule has 0 fully saturated rings. The molecule has 2 heterocycles. The minimum Gasteiger partial charge on any atom is -0.346 e. The Labute approximate surface area is 106 Å². The Morgan fingerprint density at radius 3 is 2.89 bits per heavy atom. The molecule has 0 amide bonds. The van der Waals surface area contributed by atoms with E-state index >= 15 is 0 Å². The van der Waals surface area contributed by atoms with Crippen LogP contribution in [0.2, 0.25) is 0 Å². The van der Waals surface area contributed by atoms with Gasteiger partial charge in [0.15, 0.2) is 5.78 Å². The third kappa shape index (κ3) is 1.98. The highest BCUT2D eigenvalue weighted by Gasteiger charge is 2.17. The molecule has 94 valence electrons. The second-order valence-corrected chi connectivity index (χ2v) is 4.95. The zero-order chi connectivity index (χ0) is 12.5. The molecule has 0 atom stereocenters. The van der Waals surface area contributed by atoms with E-state index in [-0.39, 0.29) is 0 Å². The molecule has 3 rings (SSSR count). The summed E-state index contributed by atoms with van der Waals surface area (Å²) in [7, 11) is 1.99. The van der Waals surface area contributed by atoms with Crippen LogP contribution in [0.1, 0.15) is 41.0 Å². The molecular formula is C14H17N3O. The van der Waals surface area contributed by atoms with Gasteiger partial charge in [0.1, 0.15) is 5.82 Å². The Morgan fingerprint density at radius 1 is 1.28 bits per heavy atom. The smallest absolute Gasteiger partial charge is 0.164 e. The Hall–Kier alpha value is -1.84. The van der Waals surface area contributed by atoms with Crippen molar-refractivity contribution in [3.63, 3.8) is 0 Å². The summed E-state index contributed by atoms with van der Waals surface area (Å²) in [6, 6.07) is 0. The van der Waals surface area contributed by atoms with Crippen molar-refractivity contribution in [2.75, 3.05) is 0 Å². The predicted octanol–water partition coefficient (Wildman–Crippen LogP) is 2.18. The van der Waals surface area contributed by atoms with E-state index < -0.39 is 0 Å². The van der Waals surface area contributed by atoms with Gasteiger partial charge in [-0.1, -0.05) is 0 Å². The van der Waals surface area contributed by atoms with Crippen LogP contribution in [0.5, 0.6) is 0 Å². The summed E-state index contributed by atoms with van der Waals surface area (Å²) >= 11 is 0. The van der Waals surface area contributed by atoms with Crippen molar-refractivity contribution >= 4 is 5.78 Å². The summed E-state index contributed by atoms with van der Waals surface area (Å²) in [5.41, 5.74) is 2.12. The van der Waals surface area contributed by atoms with Gasteiger partial charge < -0.3 is 9.13 Å². The van der Waals surface area contributed by atoms with Crippen molar-refractivity contribution in [3.8, 4) is 0 Å². The van der Waals surface area contributed by atoms with Gasteiger partial charge in [-0.2, -0.15) is 0 Å². The normalized spacial score (nSPS) is 15.5. The first-order valence-corrected chi connectivity index (χ1v) is 6.42. The van der Waals surface area contributed by atoms with Gasteiger partial charge in [-0.3, -0.25) is 4.79 Å². The molecule has 0 aromatic carbocycles. The Morgan fingerprint density at radius 2 is 2.11 bits per heavy atom. The average molecular weight is 243 g/mol. The van der Waals surface area contributed by atoms with Crippen LogP contribution < -0.4 is 0 Å². The molecule has 0 bridgehead atoms. The summed E-state index contributed by atoms with van der Waals surface area (Å²) in [6.45, 7) is 0.726. The van der Waals surface area contributed by atoms with Crippen molar-refractivity contribution in [2.45, 2.75) is 32.2 Å². The fourth-order valence-corrected chi connectivity index (χ4v) is 2.55. The predicted molar refractivity (Wildman–Crippen MR) is 68.6 cm³/mol. The van der Waals surface area contributed by atoms with Gasteiger partial charge >= 0.3 is 0 Å². The van der Waals surface area contributed by atoms with E-state index in [1.54, 1.807) is 6.20 Å².